The van der Waals surface area contributed by atoms with Crippen LogP contribution in [0.3, 0.4) is 0 Å². The third-order valence-corrected chi connectivity index (χ3v) is 6.90. The average molecular weight is 552 g/mol. The highest BCUT2D eigenvalue weighted by Crippen LogP contribution is 2.33. The zero-order valence-electron chi connectivity index (χ0n) is 21.5. The second-order valence-corrected chi connectivity index (χ2v) is 9.34. The standard InChI is InChI=1S/C29H30ClN3O4S/c1-4-37-25-12-8-7-11-24(25)33-29(38-19-21-9-5-6-10-23(21)30)22(18-31)28(34)32-16-15-20-13-14-26(35-2)27(17-20)36-3/h5-14,17,33H,4,15-16,19H2,1-3H3,(H,32,34). The Hall–Kier alpha value is -3.80. The van der Waals surface area contributed by atoms with Crippen LogP contribution in [0.5, 0.6) is 17.2 Å². The number of nitrogens with one attached hydrogen (secondary N) is 2. The number of hydrogen-bond acceptors (Lipinski definition) is 7. The molecule has 198 valence electrons. The van der Waals surface area contributed by atoms with Crippen LogP contribution in [0.4, 0.5) is 5.69 Å². The Morgan fingerprint density at radius 2 is 1.74 bits per heavy atom. The monoisotopic (exact) mass is 551 g/mol. The van der Waals surface area contributed by atoms with Gasteiger partial charge in [0.25, 0.3) is 5.91 Å². The summed E-state index contributed by atoms with van der Waals surface area (Å²) in [5.74, 6) is 1.86. The molecule has 0 aliphatic rings. The molecule has 0 heterocycles. The van der Waals surface area contributed by atoms with Crippen LogP contribution < -0.4 is 24.8 Å². The fourth-order valence-electron chi connectivity index (χ4n) is 3.56. The summed E-state index contributed by atoms with van der Waals surface area (Å²) in [7, 11) is 3.15. The van der Waals surface area contributed by atoms with Crippen molar-refractivity contribution >= 4 is 35.0 Å². The van der Waals surface area contributed by atoms with Crippen molar-refractivity contribution in [2.45, 2.75) is 19.1 Å². The molecule has 0 saturated heterocycles. The molecule has 3 aromatic carbocycles. The van der Waals surface area contributed by atoms with Gasteiger partial charge < -0.3 is 24.8 Å². The Morgan fingerprint density at radius 1 is 1.00 bits per heavy atom. The van der Waals surface area contributed by atoms with Gasteiger partial charge in [-0.3, -0.25) is 4.79 Å². The molecule has 9 heteroatoms. The maximum Gasteiger partial charge on any atom is 0.264 e. The molecule has 0 aromatic heterocycles. The Bertz CT molecular complexity index is 1320. The molecule has 0 atom stereocenters. The molecule has 3 rings (SSSR count). The molecule has 0 spiro atoms. The smallest absolute Gasteiger partial charge is 0.264 e. The third kappa shape index (κ3) is 7.85. The zero-order valence-corrected chi connectivity index (χ0v) is 23.1. The maximum atomic E-state index is 13.2. The zero-order chi connectivity index (χ0) is 27.3. The van der Waals surface area contributed by atoms with Crippen LogP contribution in [0.15, 0.2) is 77.3 Å². The van der Waals surface area contributed by atoms with E-state index in [1.165, 1.54) is 11.8 Å². The predicted molar refractivity (Wildman–Crippen MR) is 153 cm³/mol. The highest BCUT2D eigenvalue weighted by Gasteiger charge is 2.18. The second kappa shape index (κ2) is 14.8. The van der Waals surface area contributed by atoms with Crippen molar-refractivity contribution < 1.29 is 19.0 Å². The minimum Gasteiger partial charge on any atom is -0.493 e. The summed E-state index contributed by atoms with van der Waals surface area (Å²) in [4.78, 5) is 13.2. The number of anilines is 1. The molecule has 0 fully saturated rings. The first-order valence-electron chi connectivity index (χ1n) is 12.0. The first kappa shape index (κ1) is 28.8. The largest absolute Gasteiger partial charge is 0.493 e. The van der Waals surface area contributed by atoms with Crippen LogP contribution in [-0.2, 0) is 17.0 Å². The summed E-state index contributed by atoms with van der Waals surface area (Å²) in [6.07, 6.45) is 0.549. The van der Waals surface area contributed by atoms with Crippen LogP contribution in [0.2, 0.25) is 5.02 Å². The molecule has 7 nitrogen and oxygen atoms in total. The van der Waals surface area contributed by atoms with Crippen molar-refractivity contribution in [1.82, 2.24) is 5.32 Å². The van der Waals surface area contributed by atoms with Crippen LogP contribution in [0.1, 0.15) is 18.1 Å². The van der Waals surface area contributed by atoms with Crippen molar-refractivity contribution in [3.8, 4) is 23.3 Å². The molecule has 0 radical (unpaired) electrons. The fourth-order valence-corrected chi connectivity index (χ4v) is 4.86. The Kier molecular flexibility index (Phi) is 11.2. The van der Waals surface area contributed by atoms with Crippen LogP contribution in [-0.4, -0.2) is 33.3 Å². The number of methoxy groups -OCH3 is 2. The molecule has 0 aliphatic heterocycles. The molecule has 1 amide bonds. The van der Waals surface area contributed by atoms with E-state index >= 15 is 0 Å². The van der Waals surface area contributed by atoms with Gasteiger partial charge in [-0.25, -0.2) is 0 Å². The molecular weight excluding hydrogens is 522 g/mol. The molecule has 0 aliphatic carbocycles. The summed E-state index contributed by atoms with van der Waals surface area (Å²) in [6.45, 7) is 2.70. The lowest BCUT2D eigenvalue weighted by atomic mass is 10.1. The lowest BCUT2D eigenvalue weighted by Gasteiger charge is -2.16. The highest BCUT2D eigenvalue weighted by molar-refractivity contribution is 8.02. The summed E-state index contributed by atoms with van der Waals surface area (Å²) in [5.41, 5.74) is 2.48. The van der Waals surface area contributed by atoms with Gasteiger partial charge in [0.15, 0.2) is 11.5 Å². The summed E-state index contributed by atoms with van der Waals surface area (Å²) in [5, 5.41) is 17.1. The number of nitrogens with zero attached hydrogens (tertiary/aromatic N) is 1. The summed E-state index contributed by atoms with van der Waals surface area (Å²) in [6, 6.07) is 22.5. The number of ether oxygens (including phenoxy) is 3. The third-order valence-electron chi connectivity index (χ3n) is 5.48. The van der Waals surface area contributed by atoms with Crippen LogP contribution >= 0.6 is 23.4 Å². The number of hydrogen-bond donors (Lipinski definition) is 2. The topological polar surface area (TPSA) is 92.6 Å². The van der Waals surface area contributed by atoms with E-state index in [0.29, 0.717) is 58.3 Å². The van der Waals surface area contributed by atoms with Crippen LogP contribution in [0, 0.1) is 11.3 Å². The first-order chi connectivity index (χ1) is 18.5. The quantitative estimate of drug-likeness (QED) is 0.193. The predicted octanol–water partition coefficient (Wildman–Crippen LogP) is 6.20. The van der Waals surface area contributed by atoms with Crippen molar-refractivity contribution in [2.24, 2.45) is 0 Å². The normalized spacial score (nSPS) is 11.1. The lowest BCUT2D eigenvalue weighted by molar-refractivity contribution is -0.117. The SMILES string of the molecule is CCOc1ccccc1NC(SCc1ccccc1Cl)=C(C#N)C(=O)NCCc1ccc(OC)c(OC)c1. The van der Waals surface area contributed by atoms with E-state index < -0.39 is 5.91 Å². The maximum absolute atomic E-state index is 13.2. The van der Waals surface area contributed by atoms with Gasteiger partial charge >= 0.3 is 0 Å². The molecule has 2 N–H and O–H groups in total. The van der Waals surface area contributed by atoms with E-state index in [-0.39, 0.29) is 5.57 Å². The van der Waals surface area contributed by atoms with E-state index in [2.05, 4.69) is 16.7 Å². The molecular formula is C29H30ClN3O4S. The number of halogens is 1. The van der Waals surface area contributed by atoms with Crippen molar-refractivity contribution in [3.05, 3.63) is 93.5 Å². The number of thioether (sulfide) groups is 1. The van der Waals surface area contributed by atoms with E-state index in [1.54, 1.807) is 14.2 Å². The van der Waals surface area contributed by atoms with Crippen molar-refractivity contribution in [2.75, 3.05) is 32.7 Å². The average Bonchev–Trinajstić information content (AvgIpc) is 2.93. The van der Waals surface area contributed by atoms with Crippen LogP contribution in [0.25, 0.3) is 0 Å². The summed E-state index contributed by atoms with van der Waals surface area (Å²) < 4.78 is 16.4. The van der Waals surface area contributed by atoms with Gasteiger partial charge in [-0.2, -0.15) is 5.26 Å². The van der Waals surface area contributed by atoms with Crippen molar-refractivity contribution in [1.29, 1.82) is 5.26 Å². The van der Waals surface area contributed by atoms with Gasteiger partial charge in [-0.1, -0.05) is 48.0 Å². The minimum atomic E-state index is -0.476. The second-order valence-electron chi connectivity index (χ2n) is 7.95. The molecule has 38 heavy (non-hydrogen) atoms. The van der Waals surface area contributed by atoms with Gasteiger partial charge in [0.05, 0.1) is 31.5 Å². The number of nitriles is 1. The number of amides is 1. The van der Waals surface area contributed by atoms with E-state index in [0.717, 1.165) is 11.1 Å². The van der Waals surface area contributed by atoms with E-state index in [9.17, 15) is 10.1 Å². The molecule has 0 saturated carbocycles. The molecule has 3 aromatic rings. The number of carbonyl (C=O) groups is 1. The molecule has 0 bridgehead atoms. The highest BCUT2D eigenvalue weighted by atomic mass is 35.5. The van der Waals surface area contributed by atoms with Gasteiger partial charge in [0.1, 0.15) is 17.4 Å². The van der Waals surface area contributed by atoms with Crippen molar-refractivity contribution in [3.63, 3.8) is 0 Å². The fraction of sp³-hybridized carbons (Fsp3) is 0.241. The number of rotatable bonds is 13. The van der Waals surface area contributed by atoms with Gasteiger partial charge in [0.2, 0.25) is 0 Å². The summed E-state index contributed by atoms with van der Waals surface area (Å²) >= 11 is 7.67. The van der Waals surface area contributed by atoms with E-state index in [4.69, 9.17) is 25.8 Å². The first-order valence-corrected chi connectivity index (χ1v) is 13.4. The molecule has 0 unspecified atom stereocenters. The number of benzene rings is 3. The number of carbonyl (C=O) groups excluding carboxylic acids is 1. The Morgan fingerprint density at radius 3 is 2.45 bits per heavy atom. The Labute approximate surface area is 232 Å². The van der Waals surface area contributed by atoms with Gasteiger partial charge in [-0.05, 0) is 54.8 Å². The van der Waals surface area contributed by atoms with E-state index in [1.807, 2.05) is 73.7 Å². The van der Waals surface area contributed by atoms with Gasteiger partial charge in [0, 0.05) is 17.3 Å². The number of para-hydroxylation sites is 2. The Balaban J connectivity index is 1.81. The van der Waals surface area contributed by atoms with Gasteiger partial charge in [-0.15, -0.1) is 11.8 Å². The minimum absolute atomic E-state index is 0.0272. The lowest BCUT2D eigenvalue weighted by Crippen LogP contribution is -2.28.